The lowest BCUT2D eigenvalue weighted by molar-refractivity contribution is -0.137. The lowest BCUT2D eigenvalue weighted by Gasteiger charge is -2.14. The topological polar surface area (TPSA) is 53.4 Å². The van der Waals surface area contributed by atoms with E-state index in [-0.39, 0.29) is 16.6 Å². The summed E-state index contributed by atoms with van der Waals surface area (Å²) in [6.07, 6.45) is -2.76. The largest absolute Gasteiger partial charge is 0.449 e. The highest BCUT2D eigenvalue weighted by atomic mass is 19.4. The van der Waals surface area contributed by atoms with Gasteiger partial charge in [-0.1, -0.05) is 6.07 Å². The Hall–Kier alpha value is -1.93. The van der Waals surface area contributed by atoms with Gasteiger partial charge in [0.15, 0.2) is 0 Å². The Morgan fingerprint density at radius 1 is 1.19 bits per heavy atom. The summed E-state index contributed by atoms with van der Waals surface area (Å²) in [6.45, 7) is -0.522. The zero-order valence-electron chi connectivity index (χ0n) is 10.7. The van der Waals surface area contributed by atoms with Crippen molar-refractivity contribution >= 4 is 12.9 Å². The predicted molar refractivity (Wildman–Crippen MR) is 69.6 cm³/mol. The summed E-state index contributed by atoms with van der Waals surface area (Å²) >= 11 is 0. The van der Waals surface area contributed by atoms with Gasteiger partial charge in [-0.05, 0) is 23.2 Å². The zero-order valence-corrected chi connectivity index (χ0v) is 10.7. The Kier molecular flexibility index (Phi) is 4.29. The van der Waals surface area contributed by atoms with Crippen LogP contribution in [0.4, 0.5) is 17.6 Å². The third-order valence-electron chi connectivity index (χ3n) is 3.05. The van der Waals surface area contributed by atoms with Crippen molar-refractivity contribution in [1.29, 1.82) is 0 Å². The Bertz CT molecular complexity index is 661. The molecule has 0 fully saturated rings. The molecule has 3 nitrogen and oxygen atoms in total. The van der Waals surface area contributed by atoms with Gasteiger partial charge in [0.25, 0.3) is 0 Å². The summed E-state index contributed by atoms with van der Waals surface area (Å²) < 4.78 is 52.9. The van der Waals surface area contributed by atoms with E-state index in [9.17, 15) is 17.6 Å². The summed E-state index contributed by atoms with van der Waals surface area (Å²) in [4.78, 5) is 3.60. The van der Waals surface area contributed by atoms with Gasteiger partial charge in [0.05, 0.1) is 12.2 Å². The molecule has 8 heteroatoms. The maximum atomic E-state index is 14.0. The third-order valence-corrected chi connectivity index (χ3v) is 3.05. The second-order valence-corrected chi connectivity index (χ2v) is 4.34. The Balaban J connectivity index is 2.68. The molecule has 0 saturated heterocycles. The van der Waals surface area contributed by atoms with Crippen LogP contribution in [0, 0.1) is 5.82 Å². The average molecular weight is 299 g/mol. The summed E-state index contributed by atoms with van der Waals surface area (Å²) in [5.74, 6) is -0.922. The number of rotatable bonds is 3. The third kappa shape index (κ3) is 3.06. The molecule has 0 radical (unpaired) electrons. The number of aliphatic hydroxyl groups is 1. The normalized spacial score (nSPS) is 11.5. The molecule has 2 rings (SSSR count). The molecule has 1 aromatic heterocycles. The highest BCUT2D eigenvalue weighted by Gasteiger charge is 2.34. The molecule has 1 heterocycles. The minimum atomic E-state index is -4.65. The molecular formula is C13H10BF4NO2. The number of nitrogens with zero attached hydrogens (tertiary/aromatic N) is 1. The van der Waals surface area contributed by atoms with Gasteiger partial charge in [0.2, 0.25) is 0 Å². The van der Waals surface area contributed by atoms with Crippen molar-refractivity contribution in [2.24, 2.45) is 0 Å². The van der Waals surface area contributed by atoms with Crippen molar-refractivity contribution in [3.8, 4) is 11.1 Å². The average Bonchev–Trinajstić information content (AvgIpc) is 2.46. The van der Waals surface area contributed by atoms with Gasteiger partial charge in [-0.25, -0.2) is 4.39 Å². The summed E-state index contributed by atoms with van der Waals surface area (Å²) in [5.41, 5.74) is -1.47. The van der Waals surface area contributed by atoms with Crippen molar-refractivity contribution in [3.05, 3.63) is 47.5 Å². The molecule has 0 saturated carbocycles. The first-order valence-electron chi connectivity index (χ1n) is 5.93. The fourth-order valence-corrected chi connectivity index (χ4v) is 2.02. The Morgan fingerprint density at radius 3 is 2.48 bits per heavy atom. The summed E-state index contributed by atoms with van der Waals surface area (Å²) in [6, 6.07) is 2.76. The molecule has 1 aromatic carbocycles. The van der Waals surface area contributed by atoms with Crippen molar-refractivity contribution < 1.29 is 27.7 Å². The minimum absolute atomic E-state index is 0.121. The first-order valence-corrected chi connectivity index (χ1v) is 5.93. The molecule has 0 unspecified atom stereocenters. The van der Waals surface area contributed by atoms with Gasteiger partial charge in [0, 0.05) is 23.5 Å². The molecule has 0 spiro atoms. The van der Waals surface area contributed by atoms with E-state index in [0.29, 0.717) is 0 Å². The first-order chi connectivity index (χ1) is 9.88. The van der Waals surface area contributed by atoms with Gasteiger partial charge < -0.3 is 10.1 Å². The minimum Gasteiger partial charge on any atom is -0.449 e. The molecule has 0 bridgehead atoms. The van der Waals surface area contributed by atoms with E-state index in [0.717, 1.165) is 30.6 Å². The van der Waals surface area contributed by atoms with Crippen LogP contribution in [0.5, 0.6) is 0 Å². The standard InChI is InChI=1S/C13H10BF4NO2/c15-12-3-7(6-20)11(14-21)4-8(12)9-5-19-2-1-10(9)13(16,17)18/h1-5,14,20-21H,6H2. The fourth-order valence-electron chi connectivity index (χ4n) is 2.02. The fraction of sp³-hybridized carbons (Fsp3) is 0.154. The van der Waals surface area contributed by atoms with Crippen LogP contribution >= 0.6 is 0 Å². The second-order valence-electron chi connectivity index (χ2n) is 4.34. The highest BCUT2D eigenvalue weighted by molar-refractivity contribution is 6.46. The summed E-state index contributed by atoms with van der Waals surface area (Å²) in [5, 5.41) is 18.2. The van der Waals surface area contributed by atoms with Crippen LogP contribution in [0.1, 0.15) is 11.1 Å². The number of benzene rings is 1. The van der Waals surface area contributed by atoms with Crippen molar-refractivity contribution in [2.45, 2.75) is 12.8 Å². The van der Waals surface area contributed by atoms with Crippen LogP contribution in [0.2, 0.25) is 0 Å². The maximum Gasteiger partial charge on any atom is 0.417 e. The smallest absolute Gasteiger partial charge is 0.417 e. The van der Waals surface area contributed by atoms with Crippen LogP contribution < -0.4 is 5.46 Å². The van der Waals surface area contributed by atoms with Crippen LogP contribution in [-0.4, -0.2) is 22.6 Å². The molecule has 0 amide bonds. The van der Waals surface area contributed by atoms with Crippen molar-refractivity contribution in [2.75, 3.05) is 0 Å². The number of pyridine rings is 1. The van der Waals surface area contributed by atoms with Gasteiger partial charge in [-0.15, -0.1) is 0 Å². The van der Waals surface area contributed by atoms with E-state index in [1.165, 1.54) is 0 Å². The van der Waals surface area contributed by atoms with E-state index >= 15 is 0 Å². The van der Waals surface area contributed by atoms with Crippen molar-refractivity contribution in [3.63, 3.8) is 0 Å². The second kappa shape index (κ2) is 5.83. The Morgan fingerprint density at radius 2 is 1.90 bits per heavy atom. The van der Waals surface area contributed by atoms with E-state index in [4.69, 9.17) is 10.1 Å². The van der Waals surface area contributed by atoms with E-state index in [1.54, 1.807) is 0 Å². The number of aromatic nitrogens is 1. The molecule has 110 valence electrons. The lowest BCUT2D eigenvalue weighted by Crippen LogP contribution is -2.20. The van der Waals surface area contributed by atoms with E-state index < -0.39 is 37.2 Å². The maximum absolute atomic E-state index is 14.0. The quantitative estimate of drug-likeness (QED) is 0.665. The van der Waals surface area contributed by atoms with Crippen molar-refractivity contribution in [1.82, 2.24) is 4.98 Å². The predicted octanol–water partition coefficient (Wildman–Crippen LogP) is 1.37. The molecule has 0 atom stereocenters. The van der Waals surface area contributed by atoms with Crippen LogP contribution in [0.25, 0.3) is 11.1 Å². The molecule has 0 aliphatic heterocycles. The van der Waals surface area contributed by atoms with Gasteiger partial charge in [-0.2, -0.15) is 13.2 Å². The molecule has 0 aliphatic carbocycles. The molecule has 2 N–H and O–H groups in total. The van der Waals surface area contributed by atoms with Crippen LogP contribution in [0.3, 0.4) is 0 Å². The van der Waals surface area contributed by atoms with Crippen LogP contribution in [0.15, 0.2) is 30.6 Å². The van der Waals surface area contributed by atoms with Gasteiger partial charge in [0.1, 0.15) is 5.82 Å². The number of hydrogen-bond acceptors (Lipinski definition) is 3. The molecule has 0 aliphatic rings. The van der Waals surface area contributed by atoms with Gasteiger partial charge in [-0.3, -0.25) is 4.98 Å². The number of hydrogen-bond donors (Lipinski definition) is 2. The van der Waals surface area contributed by atoms with E-state index in [1.807, 2.05) is 0 Å². The van der Waals surface area contributed by atoms with E-state index in [2.05, 4.69) is 4.98 Å². The highest BCUT2D eigenvalue weighted by Crippen LogP contribution is 2.37. The molecular weight excluding hydrogens is 289 g/mol. The summed E-state index contributed by atoms with van der Waals surface area (Å²) in [7, 11) is -0.523. The van der Waals surface area contributed by atoms with Gasteiger partial charge >= 0.3 is 13.7 Å². The monoisotopic (exact) mass is 299 g/mol. The number of alkyl halides is 3. The number of aliphatic hydroxyl groups excluding tert-OH is 1. The van der Waals surface area contributed by atoms with Crippen LogP contribution in [-0.2, 0) is 12.8 Å². The lowest BCUT2D eigenvalue weighted by atomic mass is 9.82. The first kappa shape index (κ1) is 15.5. The molecule has 21 heavy (non-hydrogen) atoms. The Labute approximate surface area is 118 Å². The molecule has 2 aromatic rings. The zero-order chi connectivity index (χ0) is 15.6. The number of halogens is 4. The SMILES string of the molecule is OBc1cc(-c2cnccc2C(F)(F)F)c(F)cc1CO.